The summed E-state index contributed by atoms with van der Waals surface area (Å²) >= 11 is 0. The van der Waals surface area contributed by atoms with Crippen molar-refractivity contribution in [3.63, 3.8) is 0 Å². The molecule has 1 aliphatic rings. The van der Waals surface area contributed by atoms with Crippen molar-refractivity contribution in [2.75, 3.05) is 11.9 Å². The zero-order valence-electron chi connectivity index (χ0n) is 13.2. The van der Waals surface area contributed by atoms with Crippen LogP contribution in [0.3, 0.4) is 0 Å². The molecule has 2 aromatic carbocycles. The number of hydrogen-bond donors (Lipinski definition) is 1. The molecule has 1 aliphatic carbocycles. The highest BCUT2D eigenvalue weighted by atomic mass is 19.1. The third-order valence-electron chi connectivity index (χ3n) is 4.07. The van der Waals surface area contributed by atoms with Gasteiger partial charge in [-0.25, -0.2) is 9.18 Å². The summed E-state index contributed by atoms with van der Waals surface area (Å²) in [7, 11) is 0. The van der Waals surface area contributed by atoms with Gasteiger partial charge < -0.3 is 10.1 Å². The van der Waals surface area contributed by atoms with Gasteiger partial charge in [0.15, 0.2) is 6.61 Å². The first-order valence-electron chi connectivity index (χ1n) is 7.97. The summed E-state index contributed by atoms with van der Waals surface area (Å²) in [5.74, 6) is -1.66. The molecule has 0 spiro atoms. The van der Waals surface area contributed by atoms with Crippen LogP contribution in [0.1, 0.15) is 34.3 Å². The van der Waals surface area contributed by atoms with E-state index < -0.39 is 24.3 Å². The first-order valence-corrected chi connectivity index (χ1v) is 7.97. The lowest BCUT2D eigenvalue weighted by atomic mass is 9.90. The standard InChI is InChI=1S/C19H18FNO3/c20-16-7-3-4-8-17(16)21-18(22)12-24-19(23)15-10-9-13-5-1-2-6-14(13)11-15/h3-4,7-11H,1-2,5-6,12H2,(H,21,22). The Morgan fingerprint density at radius 1 is 1.04 bits per heavy atom. The first-order chi connectivity index (χ1) is 11.6. The molecule has 0 bridgehead atoms. The van der Waals surface area contributed by atoms with Crippen molar-refractivity contribution in [1.29, 1.82) is 0 Å². The maximum absolute atomic E-state index is 13.5. The van der Waals surface area contributed by atoms with Crippen LogP contribution in [0.25, 0.3) is 0 Å². The lowest BCUT2D eigenvalue weighted by Crippen LogP contribution is -2.21. The van der Waals surface area contributed by atoms with Gasteiger partial charge >= 0.3 is 5.97 Å². The van der Waals surface area contributed by atoms with Gasteiger partial charge in [0, 0.05) is 0 Å². The molecule has 24 heavy (non-hydrogen) atoms. The fraction of sp³-hybridized carbons (Fsp3) is 0.263. The Bertz CT molecular complexity index is 773. The molecule has 3 rings (SSSR count). The summed E-state index contributed by atoms with van der Waals surface area (Å²) in [5.41, 5.74) is 2.95. The lowest BCUT2D eigenvalue weighted by molar-refractivity contribution is -0.119. The van der Waals surface area contributed by atoms with Crippen molar-refractivity contribution in [3.05, 3.63) is 65.0 Å². The second-order valence-corrected chi connectivity index (χ2v) is 5.79. The minimum absolute atomic E-state index is 0.0623. The van der Waals surface area contributed by atoms with E-state index in [4.69, 9.17) is 4.74 Å². The predicted octanol–water partition coefficient (Wildman–Crippen LogP) is 3.50. The van der Waals surface area contributed by atoms with Crippen LogP contribution in [0.4, 0.5) is 10.1 Å². The molecule has 0 fully saturated rings. The predicted molar refractivity (Wildman–Crippen MR) is 88.4 cm³/mol. The molecule has 0 saturated carbocycles. The van der Waals surface area contributed by atoms with Crippen molar-refractivity contribution in [2.45, 2.75) is 25.7 Å². The van der Waals surface area contributed by atoms with Crippen LogP contribution in [0, 0.1) is 5.82 Å². The number of carbonyl (C=O) groups excluding carboxylic acids is 2. The molecular weight excluding hydrogens is 309 g/mol. The second-order valence-electron chi connectivity index (χ2n) is 5.79. The summed E-state index contributed by atoms with van der Waals surface area (Å²) in [6.45, 7) is -0.454. The topological polar surface area (TPSA) is 55.4 Å². The molecule has 0 aromatic heterocycles. The zero-order valence-corrected chi connectivity index (χ0v) is 13.2. The lowest BCUT2D eigenvalue weighted by Gasteiger charge is -2.16. The van der Waals surface area contributed by atoms with Gasteiger partial charge in [0.05, 0.1) is 11.3 Å². The molecule has 0 radical (unpaired) electrons. The molecule has 2 aromatic rings. The number of aryl methyl sites for hydroxylation is 2. The number of nitrogens with one attached hydrogen (secondary N) is 1. The summed E-state index contributed by atoms with van der Waals surface area (Å²) in [5, 5.41) is 2.38. The van der Waals surface area contributed by atoms with E-state index in [2.05, 4.69) is 5.32 Å². The molecule has 124 valence electrons. The van der Waals surface area contributed by atoms with E-state index in [0.29, 0.717) is 5.56 Å². The van der Waals surface area contributed by atoms with Gasteiger partial charge in [-0.2, -0.15) is 0 Å². The van der Waals surface area contributed by atoms with Gasteiger partial charge in [-0.05, 0) is 61.1 Å². The first kappa shape index (κ1) is 16.2. The Hall–Kier alpha value is -2.69. The zero-order chi connectivity index (χ0) is 16.9. The minimum atomic E-state index is -0.577. The van der Waals surface area contributed by atoms with E-state index in [1.54, 1.807) is 12.1 Å². The smallest absolute Gasteiger partial charge is 0.338 e. The molecule has 0 saturated heterocycles. The molecule has 0 aliphatic heterocycles. The molecule has 4 nitrogen and oxygen atoms in total. The number of amides is 1. The summed E-state index contributed by atoms with van der Waals surface area (Å²) in [6, 6.07) is 11.3. The summed E-state index contributed by atoms with van der Waals surface area (Å²) < 4.78 is 18.5. The van der Waals surface area contributed by atoms with Crippen LogP contribution in [0.2, 0.25) is 0 Å². The summed E-state index contributed by atoms with van der Waals surface area (Å²) in [4.78, 5) is 23.9. The second kappa shape index (κ2) is 7.25. The van der Waals surface area contributed by atoms with E-state index in [1.165, 1.54) is 35.7 Å². The molecule has 1 N–H and O–H groups in total. The fourth-order valence-electron chi connectivity index (χ4n) is 2.82. The number of halogens is 1. The van der Waals surface area contributed by atoms with Gasteiger partial charge in [0.25, 0.3) is 5.91 Å². The van der Waals surface area contributed by atoms with Crippen molar-refractivity contribution < 1.29 is 18.7 Å². The minimum Gasteiger partial charge on any atom is -0.452 e. The Labute approximate surface area is 139 Å². The van der Waals surface area contributed by atoms with Crippen molar-refractivity contribution in [1.82, 2.24) is 0 Å². The molecule has 0 atom stereocenters. The Morgan fingerprint density at radius 2 is 1.79 bits per heavy atom. The normalized spacial score (nSPS) is 13.0. The van der Waals surface area contributed by atoms with E-state index in [1.807, 2.05) is 12.1 Å². The maximum atomic E-state index is 13.5. The van der Waals surface area contributed by atoms with Gasteiger partial charge in [-0.3, -0.25) is 4.79 Å². The third-order valence-corrected chi connectivity index (χ3v) is 4.07. The average molecular weight is 327 g/mol. The fourth-order valence-corrected chi connectivity index (χ4v) is 2.82. The number of carbonyl (C=O) groups is 2. The van der Waals surface area contributed by atoms with E-state index in [9.17, 15) is 14.0 Å². The number of benzene rings is 2. The van der Waals surface area contributed by atoms with Gasteiger partial charge in [0.2, 0.25) is 0 Å². The highest BCUT2D eigenvalue weighted by Crippen LogP contribution is 2.22. The largest absolute Gasteiger partial charge is 0.452 e. The number of rotatable bonds is 4. The van der Waals surface area contributed by atoms with Crippen LogP contribution in [0.15, 0.2) is 42.5 Å². The van der Waals surface area contributed by atoms with Crippen LogP contribution in [-0.2, 0) is 22.4 Å². The van der Waals surface area contributed by atoms with Crippen LogP contribution >= 0.6 is 0 Å². The van der Waals surface area contributed by atoms with Crippen molar-refractivity contribution in [2.24, 2.45) is 0 Å². The number of ether oxygens (including phenoxy) is 1. The third kappa shape index (κ3) is 3.79. The molecule has 0 heterocycles. The van der Waals surface area contributed by atoms with Crippen LogP contribution in [-0.4, -0.2) is 18.5 Å². The van der Waals surface area contributed by atoms with Crippen molar-refractivity contribution in [3.8, 4) is 0 Å². The molecular formula is C19H18FNO3. The molecule has 0 unspecified atom stereocenters. The van der Waals surface area contributed by atoms with E-state index in [0.717, 1.165) is 19.3 Å². The Kier molecular flexibility index (Phi) is 4.89. The molecule has 1 amide bonds. The van der Waals surface area contributed by atoms with Crippen LogP contribution < -0.4 is 5.32 Å². The van der Waals surface area contributed by atoms with E-state index >= 15 is 0 Å². The Morgan fingerprint density at radius 3 is 2.58 bits per heavy atom. The maximum Gasteiger partial charge on any atom is 0.338 e. The summed E-state index contributed by atoms with van der Waals surface area (Å²) in [6.07, 6.45) is 4.30. The molecule has 5 heteroatoms. The highest BCUT2D eigenvalue weighted by molar-refractivity contribution is 5.95. The van der Waals surface area contributed by atoms with Crippen molar-refractivity contribution >= 4 is 17.6 Å². The number of fused-ring (bicyclic) bond motifs is 1. The number of para-hydroxylation sites is 1. The van der Waals surface area contributed by atoms with Gasteiger partial charge in [0.1, 0.15) is 5.82 Å². The monoisotopic (exact) mass is 327 g/mol. The number of hydrogen-bond acceptors (Lipinski definition) is 3. The van der Waals surface area contributed by atoms with E-state index in [-0.39, 0.29) is 5.69 Å². The average Bonchev–Trinajstić information content (AvgIpc) is 2.61. The number of anilines is 1. The quantitative estimate of drug-likeness (QED) is 0.875. The SMILES string of the molecule is O=C(COC(=O)c1ccc2c(c1)CCCC2)Nc1ccccc1F. The Balaban J connectivity index is 1.57. The number of esters is 1. The van der Waals surface area contributed by atoms with Crippen LogP contribution in [0.5, 0.6) is 0 Å². The van der Waals surface area contributed by atoms with Gasteiger partial charge in [-0.15, -0.1) is 0 Å². The highest BCUT2D eigenvalue weighted by Gasteiger charge is 2.15. The van der Waals surface area contributed by atoms with Gasteiger partial charge in [-0.1, -0.05) is 18.2 Å².